The molecule has 6 heteroatoms. The van der Waals surface area contributed by atoms with Crippen molar-refractivity contribution in [2.24, 2.45) is 0 Å². The SMILES string of the molecule is Cc1csc(/C(C#N)=C/NNC(=O)c2ccccc2C)n1. The number of hydrazine groups is 1. The van der Waals surface area contributed by atoms with E-state index in [1.54, 1.807) is 12.1 Å². The van der Waals surface area contributed by atoms with Crippen LogP contribution >= 0.6 is 11.3 Å². The molecule has 0 spiro atoms. The summed E-state index contributed by atoms with van der Waals surface area (Å²) in [6.45, 7) is 3.73. The summed E-state index contributed by atoms with van der Waals surface area (Å²) in [4.78, 5) is 16.2. The lowest BCUT2D eigenvalue weighted by molar-refractivity contribution is 0.0940. The molecule has 2 rings (SSSR count). The number of nitriles is 1. The first-order valence-corrected chi connectivity index (χ1v) is 7.14. The number of benzene rings is 1. The van der Waals surface area contributed by atoms with Crippen molar-refractivity contribution in [1.82, 2.24) is 15.8 Å². The Hall–Kier alpha value is -2.65. The molecule has 0 fully saturated rings. The molecule has 106 valence electrons. The lowest BCUT2D eigenvalue weighted by atomic mass is 10.1. The third-order valence-electron chi connectivity index (χ3n) is 2.76. The normalized spacial score (nSPS) is 10.8. The smallest absolute Gasteiger partial charge is 0.269 e. The number of hydrogen-bond donors (Lipinski definition) is 2. The first-order chi connectivity index (χ1) is 10.1. The topological polar surface area (TPSA) is 77.8 Å². The number of allylic oxidation sites excluding steroid dienone is 1. The fraction of sp³-hybridized carbons (Fsp3) is 0.133. The van der Waals surface area contributed by atoms with E-state index in [1.165, 1.54) is 17.5 Å². The highest BCUT2D eigenvalue weighted by Gasteiger charge is 2.08. The van der Waals surface area contributed by atoms with Gasteiger partial charge in [0.05, 0.1) is 0 Å². The highest BCUT2D eigenvalue weighted by atomic mass is 32.1. The maximum absolute atomic E-state index is 12.0. The first-order valence-electron chi connectivity index (χ1n) is 6.26. The lowest BCUT2D eigenvalue weighted by Gasteiger charge is -2.07. The van der Waals surface area contributed by atoms with E-state index < -0.39 is 0 Å². The van der Waals surface area contributed by atoms with E-state index in [0.717, 1.165) is 11.3 Å². The molecule has 0 saturated heterocycles. The Balaban J connectivity index is 2.03. The van der Waals surface area contributed by atoms with Gasteiger partial charge in [0.2, 0.25) is 0 Å². The summed E-state index contributed by atoms with van der Waals surface area (Å²) in [5.74, 6) is -0.253. The van der Waals surface area contributed by atoms with Crippen molar-refractivity contribution in [2.75, 3.05) is 0 Å². The van der Waals surface area contributed by atoms with Gasteiger partial charge < -0.3 is 5.43 Å². The zero-order valence-electron chi connectivity index (χ0n) is 11.7. The summed E-state index contributed by atoms with van der Waals surface area (Å²) in [5, 5.41) is 11.6. The van der Waals surface area contributed by atoms with Crippen LogP contribution in [0.5, 0.6) is 0 Å². The van der Waals surface area contributed by atoms with Crippen molar-refractivity contribution in [2.45, 2.75) is 13.8 Å². The molecule has 0 atom stereocenters. The van der Waals surface area contributed by atoms with Gasteiger partial charge in [-0.15, -0.1) is 11.3 Å². The largest absolute Gasteiger partial charge is 0.304 e. The van der Waals surface area contributed by atoms with Gasteiger partial charge >= 0.3 is 0 Å². The third-order valence-corrected chi connectivity index (χ3v) is 3.76. The number of rotatable bonds is 4. The molecule has 0 aliphatic carbocycles. The fourth-order valence-electron chi connectivity index (χ4n) is 1.69. The minimum absolute atomic E-state index is 0.253. The number of hydrogen-bond acceptors (Lipinski definition) is 5. The van der Waals surface area contributed by atoms with E-state index in [-0.39, 0.29) is 5.91 Å². The van der Waals surface area contributed by atoms with Gasteiger partial charge in [0, 0.05) is 22.8 Å². The molecule has 2 aromatic rings. The molecule has 0 bridgehead atoms. The van der Waals surface area contributed by atoms with Crippen molar-refractivity contribution in [3.8, 4) is 6.07 Å². The van der Waals surface area contributed by atoms with Crippen LogP contribution in [0.1, 0.15) is 26.6 Å². The zero-order valence-corrected chi connectivity index (χ0v) is 12.5. The number of thiazole rings is 1. The van der Waals surface area contributed by atoms with Gasteiger partial charge in [-0.25, -0.2) is 4.98 Å². The van der Waals surface area contributed by atoms with Gasteiger partial charge in [-0.1, -0.05) is 18.2 Å². The quantitative estimate of drug-likeness (QED) is 0.671. The Morgan fingerprint density at radius 2 is 2.14 bits per heavy atom. The monoisotopic (exact) mass is 298 g/mol. The average Bonchev–Trinajstić information content (AvgIpc) is 2.90. The van der Waals surface area contributed by atoms with Gasteiger partial charge in [-0.05, 0) is 25.5 Å². The minimum Gasteiger partial charge on any atom is -0.304 e. The van der Waals surface area contributed by atoms with E-state index in [1.807, 2.05) is 31.4 Å². The molecule has 1 heterocycles. The molecule has 0 aliphatic heterocycles. The number of nitrogens with one attached hydrogen (secondary N) is 2. The lowest BCUT2D eigenvalue weighted by Crippen LogP contribution is -2.34. The van der Waals surface area contributed by atoms with Crippen molar-refractivity contribution in [1.29, 1.82) is 5.26 Å². The van der Waals surface area contributed by atoms with E-state index >= 15 is 0 Å². The molecular weight excluding hydrogens is 284 g/mol. The van der Waals surface area contributed by atoms with Crippen molar-refractivity contribution in [3.63, 3.8) is 0 Å². The molecule has 0 aliphatic rings. The molecule has 1 amide bonds. The van der Waals surface area contributed by atoms with Crippen LogP contribution in [-0.4, -0.2) is 10.9 Å². The summed E-state index contributed by atoms with van der Waals surface area (Å²) in [7, 11) is 0. The Kier molecular flexibility index (Phi) is 4.69. The van der Waals surface area contributed by atoms with Crippen molar-refractivity contribution < 1.29 is 4.79 Å². The van der Waals surface area contributed by atoms with E-state index in [4.69, 9.17) is 5.26 Å². The van der Waals surface area contributed by atoms with Gasteiger partial charge in [0.15, 0.2) is 0 Å². The van der Waals surface area contributed by atoms with Crippen LogP contribution in [0, 0.1) is 25.2 Å². The maximum atomic E-state index is 12.0. The van der Waals surface area contributed by atoms with E-state index in [9.17, 15) is 4.79 Å². The van der Waals surface area contributed by atoms with Gasteiger partial charge in [-0.3, -0.25) is 10.2 Å². The Bertz CT molecular complexity index is 727. The summed E-state index contributed by atoms with van der Waals surface area (Å²) in [6.07, 6.45) is 1.44. The summed E-state index contributed by atoms with van der Waals surface area (Å²) >= 11 is 1.39. The summed E-state index contributed by atoms with van der Waals surface area (Å²) in [6, 6.07) is 9.33. The van der Waals surface area contributed by atoms with E-state index in [0.29, 0.717) is 16.1 Å². The predicted octanol–water partition coefficient (Wildman–Crippen LogP) is 2.56. The third kappa shape index (κ3) is 3.68. The van der Waals surface area contributed by atoms with Gasteiger partial charge in [-0.2, -0.15) is 5.26 Å². The summed E-state index contributed by atoms with van der Waals surface area (Å²) < 4.78 is 0. The maximum Gasteiger partial charge on any atom is 0.269 e. The number of aryl methyl sites for hydroxylation is 2. The number of nitrogens with zero attached hydrogens (tertiary/aromatic N) is 2. The molecule has 1 aromatic heterocycles. The van der Waals surface area contributed by atoms with Crippen molar-refractivity contribution >= 4 is 22.8 Å². The van der Waals surface area contributed by atoms with Gasteiger partial charge in [0.1, 0.15) is 16.6 Å². The molecule has 0 radical (unpaired) electrons. The Morgan fingerprint density at radius 3 is 2.76 bits per heavy atom. The number of carbonyl (C=O) groups excluding carboxylic acids is 1. The molecule has 5 nitrogen and oxygen atoms in total. The second-order valence-electron chi connectivity index (χ2n) is 4.38. The number of aromatic nitrogens is 1. The minimum atomic E-state index is -0.253. The standard InChI is InChI=1S/C15H14N4OS/c1-10-5-3-4-6-13(10)14(20)19-17-8-12(7-16)15-18-11(2)9-21-15/h3-6,8-9,17H,1-2H3,(H,19,20)/b12-8+. The van der Waals surface area contributed by atoms with Crippen LogP contribution in [0.15, 0.2) is 35.8 Å². The Morgan fingerprint density at radius 1 is 1.38 bits per heavy atom. The van der Waals surface area contributed by atoms with Crippen molar-refractivity contribution in [3.05, 3.63) is 57.7 Å². The zero-order chi connectivity index (χ0) is 15.2. The number of carbonyl (C=O) groups is 1. The number of amides is 1. The Labute approximate surface area is 126 Å². The van der Waals surface area contributed by atoms with Crippen LogP contribution in [0.4, 0.5) is 0 Å². The molecule has 1 aromatic carbocycles. The van der Waals surface area contributed by atoms with Crippen LogP contribution in [-0.2, 0) is 0 Å². The van der Waals surface area contributed by atoms with E-state index in [2.05, 4.69) is 21.9 Å². The fourth-order valence-corrected chi connectivity index (χ4v) is 2.45. The molecule has 0 saturated carbocycles. The second-order valence-corrected chi connectivity index (χ2v) is 5.24. The van der Waals surface area contributed by atoms with Crippen LogP contribution < -0.4 is 10.9 Å². The predicted molar refractivity (Wildman–Crippen MR) is 82.2 cm³/mol. The van der Waals surface area contributed by atoms with Crippen LogP contribution in [0.25, 0.3) is 5.57 Å². The molecule has 21 heavy (non-hydrogen) atoms. The van der Waals surface area contributed by atoms with Gasteiger partial charge in [0.25, 0.3) is 5.91 Å². The molecular formula is C15H14N4OS. The highest BCUT2D eigenvalue weighted by molar-refractivity contribution is 7.10. The first kappa shape index (κ1) is 14.8. The highest BCUT2D eigenvalue weighted by Crippen LogP contribution is 2.17. The van der Waals surface area contributed by atoms with Crippen LogP contribution in [0.3, 0.4) is 0 Å². The second kappa shape index (κ2) is 6.68. The summed E-state index contributed by atoms with van der Waals surface area (Å²) in [5.41, 5.74) is 7.90. The van der Waals surface area contributed by atoms with Crippen LogP contribution in [0.2, 0.25) is 0 Å². The average molecular weight is 298 g/mol. The molecule has 0 unspecified atom stereocenters. The molecule has 2 N–H and O–H groups in total.